The van der Waals surface area contributed by atoms with E-state index in [1.54, 1.807) is 20.2 Å². The SMILES string of the molecule is CNc1ncc(C(=O)NCC2CCC(C(NC(C)=O)c3ccccn3)CC2)cn1. The zero-order valence-corrected chi connectivity index (χ0v) is 16.9. The molecule has 154 valence electrons. The van der Waals surface area contributed by atoms with Crippen molar-refractivity contribution in [2.24, 2.45) is 11.8 Å². The zero-order chi connectivity index (χ0) is 20.6. The van der Waals surface area contributed by atoms with Gasteiger partial charge in [0, 0.05) is 39.1 Å². The highest BCUT2D eigenvalue weighted by atomic mass is 16.2. The Kier molecular flexibility index (Phi) is 7.10. The van der Waals surface area contributed by atoms with Gasteiger partial charge in [-0.2, -0.15) is 0 Å². The van der Waals surface area contributed by atoms with Gasteiger partial charge >= 0.3 is 0 Å². The molecule has 2 aromatic heterocycles. The van der Waals surface area contributed by atoms with Gasteiger partial charge in [-0.15, -0.1) is 0 Å². The van der Waals surface area contributed by atoms with E-state index >= 15 is 0 Å². The third kappa shape index (κ3) is 5.73. The van der Waals surface area contributed by atoms with Crippen LogP contribution in [-0.4, -0.2) is 40.4 Å². The van der Waals surface area contributed by atoms with E-state index in [2.05, 4.69) is 30.9 Å². The molecule has 0 saturated heterocycles. The Morgan fingerprint density at radius 3 is 2.41 bits per heavy atom. The van der Waals surface area contributed by atoms with Gasteiger partial charge in [-0.3, -0.25) is 14.6 Å². The third-order valence-electron chi connectivity index (χ3n) is 5.42. The lowest BCUT2D eigenvalue weighted by molar-refractivity contribution is -0.120. The van der Waals surface area contributed by atoms with Gasteiger partial charge in [0.15, 0.2) is 0 Å². The van der Waals surface area contributed by atoms with Crippen molar-refractivity contribution in [3.05, 3.63) is 48.0 Å². The van der Waals surface area contributed by atoms with Gasteiger partial charge in [0.2, 0.25) is 11.9 Å². The second kappa shape index (κ2) is 9.95. The Labute approximate surface area is 170 Å². The Bertz CT molecular complexity index is 804. The van der Waals surface area contributed by atoms with E-state index in [9.17, 15) is 9.59 Å². The summed E-state index contributed by atoms with van der Waals surface area (Å²) in [6.07, 6.45) is 8.79. The molecular weight excluding hydrogens is 368 g/mol. The number of hydrogen-bond acceptors (Lipinski definition) is 6. The first-order valence-corrected chi connectivity index (χ1v) is 10.0. The van der Waals surface area contributed by atoms with Crippen LogP contribution < -0.4 is 16.0 Å². The van der Waals surface area contributed by atoms with E-state index in [0.29, 0.717) is 29.9 Å². The number of nitrogens with one attached hydrogen (secondary N) is 3. The lowest BCUT2D eigenvalue weighted by Gasteiger charge is -2.34. The van der Waals surface area contributed by atoms with Gasteiger partial charge in [0.05, 0.1) is 17.3 Å². The lowest BCUT2D eigenvalue weighted by atomic mass is 9.77. The van der Waals surface area contributed by atoms with Crippen molar-refractivity contribution in [1.29, 1.82) is 0 Å². The molecular formula is C21H28N6O2. The molecule has 0 radical (unpaired) electrons. The fourth-order valence-corrected chi connectivity index (χ4v) is 3.85. The van der Waals surface area contributed by atoms with Gasteiger partial charge in [0.1, 0.15) is 0 Å². The molecule has 8 nitrogen and oxygen atoms in total. The molecule has 0 spiro atoms. The maximum atomic E-state index is 12.3. The maximum Gasteiger partial charge on any atom is 0.254 e. The van der Waals surface area contributed by atoms with Crippen LogP contribution in [0.4, 0.5) is 5.95 Å². The van der Waals surface area contributed by atoms with Crippen LogP contribution in [0.25, 0.3) is 0 Å². The number of aromatic nitrogens is 3. The predicted molar refractivity (Wildman–Crippen MR) is 110 cm³/mol. The fraction of sp³-hybridized carbons (Fsp3) is 0.476. The molecule has 1 atom stereocenters. The minimum atomic E-state index is -0.153. The molecule has 0 bridgehead atoms. The van der Waals surface area contributed by atoms with Crippen molar-refractivity contribution in [2.75, 3.05) is 18.9 Å². The molecule has 1 aliphatic rings. The zero-order valence-electron chi connectivity index (χ0n) is 16.9. The number of pyridine rings is 1. The highest BCUT2D eigenvalue weighted by Gasteiger charge is 2.30. The molecule has 0 aliphatic heterocycles. The van der Waals surface area contributed by atoms with Gasteiger partial charge < -0.3 is 16.0 Å². The van der Waals surface area contributed by atoms with E-state index < -0.39 is 0 Å². The summed E-state index contributed by atoms with van der Waals surface area (Å²) in [5.74, 6) is 1.07. The van der Waals surface area contributed by atoms with Gasteiger partial charge in [0.25, 0.3) is 5.91 Å². The summed E-state index contributed by atoms with van der Waals surface area (Å²) in [6, 6.07) is 5.73. The number of carbonyl (C=O) groups is 2. The first-order chi connectivity index (χ1) is 14.1. The largest absolute Gasteiger partial charge is 0.357 e. The molecule has 0 aromatic carbocycles. The molecule has 2 heterocycles. The average molecular weight is 396 g/mol. The van der Waals surface area contributed by atoms with Crippen LogP contribution in [0.3, 0.4) is 0 Å². The van der Waals surface area contributed by atoms with E-state index in [1.165, 1.54) is 12.4 Å². The van der Waals surface area contributed by atoms with E-state index in [4.69, 9.17) is 0 Å². The maximum absolute atomic E-state index is 12.3. The minimum absolute atomic E-state index is 0.0402. The highest BCUT2D eigenvalue weighted by Crippen LogP contribution is 2.36. The molecule has 1 fully saturated rings. The summed E-state index contributed by atoms with van der Waals surface area (Å²) in [4.78, 5) is 36.6. The molecule has 2 aromatic rings. The monoisotopic (exact) mass is 396 g/mol. The summed E-state index contributed by atoms with van der Waals surface area (Å²) in [5, 5.41) is 8.89. The van der Waals surface area contributed by atoms with Gasteiger partial charge in [-0.1, -0.05) is 6.07 Å². The van der Waals surface area contributed by atoms with Crippen LogP contribution >= 0.6 is 0 Å². The van der Waals surface area contributed by atoms with E-state index in [1.807, 2.05) is 18.2 Å². The van der Waals surface area contributed by atoms with Crippen molar-refractivity contribution in [1.82, 2.24) is 25.6 Å². The molecule has 8 heteroatoms. The van der Waals surface area contributed by atoms with Crippen molar-refractivity contribution < 1.29 is 9.59 Å². The smallest absolute Gasteiger partial charge is 0.254 e. The van der Waals surface area contributed by atoms with Gasteiger partial charge in [-0.05, 0) is 49.7 Å². The molecule has 3 rings (SSSR count). The number of rotatable bonds is 7. The quantitative estimate of drug-likeness (QED) is 0.663. The van der Waals surface area contributed by atoms with Crippen LogP contribution in [0.5, 0.6) is 0 Å². The van der Waals surface area contributed by atoms with E-state index in [0.717, 1.165) is 31.4 Å². The minimum Gasteiger partial charge on any atom is -0.357 e. The number of carbonyl (C=O) groups excluding carboxylic acids is 2. The molecule has 3 N–H and O–H groups in total. The van der Waals surface area contributed by atoms with Crippen molar-refractivity contribution in [3.63, 3.8) is 0 Å². The topological polar surface area (TPSA) is 109 Å². The summed E-state index contributed by atoms with van der Waals surface area (Å²) in [7, 11) is 1.73. The van der Waals surface area contributed by atoms with Crippen LogP contribution in [0.2, 0.25) is 0 Å². The van der Waals surface area contributed by atoms with Crippen molar-refractivity contribution in [3.8, 4) is 0 Å². The number of anilines is 1. The summed E-state index contributed by atoms with van der Waals surface area (Å²) < 4.78 is 0. The van der Waals surface area contributed by atoms with Crippen molar-refractivity contribution >= 4 is 17.8 Å². The number of hydrogen-bond donors (Lipinski definition) is 3. The Morgan fingerprint density at radius 2 is 1.83 bits per heavy atom. The Balaban J connectivity index is 1.51. The molecule has 2 amide bonds. The molecule has 29 heavy (non-hydrogen) atoms. The Morgan fingerprint density at radius 1 is 1.10 bits per heavy atom. The first kappa shape index (κ1) is 20.7. The first-order valence-electron chi connectivity index (χ1n) is 10.0. The van der Waals surface area contributed by atoms with E-state index in [-0.39, 0.29) is 17.9 Å². The van der Waals surface area contributed by atoms with Gasteiger partial charge in [-0.25, -0.2) is 9.97 Å². The fourth-order valence-electron chi connectivity index (χ4n) is 3.85. The summed E-state index contributed by atoms with van der Waals surface area (Å²) >= 11 is 0. The second-order valence-corrected chi connectivity index (χ2v) is 7.47. The summed E-state index contributed by atoms with van der Waals surface area (Å²) in [5.41, 5.74) is 1.36. The second-order valence-electron chi connectivity index (χ2n) is 7.47. The number of nitrogens with zero attached hydrogens (tertiary/aromatic N) is 3. The van der Waals surface area contributed by atoms with Crippen LogP contribution in [-0.2, 0) is 4.79 Å². The lowest BCUT2D eigenvalue weighted by Crippen LogP contribution is -2.36. The highest BCUT2D eigenvalue weighted by molar-refractivity contribution is 5.93. The standard InChI is InChI=1S/C21H28N6O2/c1-14(28)27-19(18-5-3-4-10-23-18)16-8-6-15(7-9-16)11-24-20(29)17-12-25-21(22-2)26-13-17/h3-5,10,12-13,15-16,19H,6-9,11H2,1-2H3,(H,24,29)(H,27,28)(H,22,25,26). The Hall–Kier alpha value is -3.03. The van der Waals surface area contributed by atoms with Crippen LogP contribution in [0.1, 0.15) is 54.7 Å². The predicted octanol–water partition coefficient (Wildman–Crippen LogP) is 2.33. The molecule has 1 aliphatic carbocycles. The average Bonchev–Trinajstić information content (AvgIpc) is 2.77. The molecule has 1 saturated carbocycles. The third-order valence-corrected chi connectivity index (χ3v) is 5.42. The van der Waals surface area contributed by atoms with Crippen LogP contribution in [0, 0.1) is 11.8 Å². The summed E-state index contributed by atoms with van der Waals surface area (Å²) in [6.45, 7) is 2.18. The number of amides is 2. The normalized spacial score (nSPS) is 19.8. The van der Waals surface area contributed by atoms with Crippen molar-refractivity contribution in [2.45, 2.75) is 38.6 Å². The molecule has 1 unspecified atom stereocenters. The van der Waals surface area contributed by atoms with Crippen LogP contribution in [0.15, 0.2) is 36.8 Å².